The van der Waals surface area contributed by atoms with Gasteiger partial charge in [-0.1, -0.05) is 26.0 Å². The summed E-state index contributed by atoms with van der Waals surface area (Å²) >= 11 is 0. The number of ether oxygens (including phenoxy) is 1. The second-order valence-corrected chi connectivity index (χ2v) is 8.66. The van der Waals surface area contributed by atoms with Crippen molar-refractivity contribution < 1.29 is 23.8 Å². The van der Waals surface area contributed by atoms with E-state index < -0.39 is 11.3 Å². The first-order valence-corrected chi connectivity index (χ1v) is 10.9. The van der Waals surface area contributed by atoms with Gasteiger partial charge in [-0.25, -0.2) is 0 Å². The number of aliphatic hydroxyl groups is 1. The molecule has 0 aliphatic carbocycles. The lowest BCUT2D eigenvalue weighted by molar-refractivity contribution is 0.0453. The SMILES string of the molecule is CCOC1CCN(c2nc(C(=O)Nc3ccccc3C(=O)NCC(C)(C)CO)co2)CC1. The van der Waals surface area contributed by atoms with Crippen LogP contribution in [0.25, 0.3) is 0 Å². The Kier molecular flexibility index (Phi) is 7.87. The van der Waals surface area contributed by atoms with E-state index in [0.29, 0.717) is 30.4 Å². The number of piperidine rings is 1. The molecule has 1 aliphatic rings. The second-order valence-electron chi connectivity index (χ2n) is 8.66. The highest BCUT2D eigenvalue weighted by Gasteiger charge is 2.24. The first kappa shape index (κ1) is 23.7. The Labute approximate surface area is 188 Å². The Hall–Kier alpha value is -2.91. The molecule has 9 heteroatoms. The van der Waals surface area contributed by atoms with Gasteiger partial charge in [0.25, 0.3) is 17.8 Å². The van der Waals surface area contributed by atoms with E-state index in [0.717, 1.165) is 25.9 Å². The maximum Gasteiger partial charge on any atom is 0.297 e. The van der Waals surface area contributed by atoms with Crippen LogP contribution in [0.15, 0.2) is 34.9 Å². The molecule has 3 rings (SSSR count). The number of nitrogens with zero attached hydrogens (tertiary/aromatic N) is 2. The van der Waals surface area contributed by atoms with Gasteiger partial charge in [-0.3, -0.25) is 9.59 Å². The monoisotopic (exact) mass is 444 g/mol. The molecule has 1 aliphatic heterocycles. The summed E-state index contributed by atoms with van der Waals surface area (Å²) < 4.78 is 11.2. The minimum absolute atomic E-state index is 0.0521. The summed E-state index contributed by atoms with van der Waals surface area (Å²) in [5.74, 6) is -0.791. The predicted octanol–water partition coefficient (Wildman–Crippen LogP) is 2.68. The smallest absolute Gasteiger partial charge is 0.297 e. The van der Waals surface area contributed by atoms with E-state index in [-0.39, 0.29) is 24.3 Å². The zero-order valence-corrected chi connectivity index (χ0v) is 18.9. The molecular formula is C23H32N4O5. The van der Waals surface area contributed by atoms with Crippen LogP contribution in [-0.2, 0) is 4.74 Å². The quantitative estimate of drug-likeness (QED) is 0.544. The summed E-state index contributed by atoms with van der Waals surface area (Å²) in [5, 5.41) is 14.9. The number of rotatable bonds is 9. The number of amides is 2. The third-order valence-corrected chi connectivity index (χ3v) is 5.41. The number of aliphatic hydroxyl groups excluding tert-OH is 1. The zero-order chi connectivity index (χ0) is 23.1. The van der Waals surface area contributed by atoms with Crippen LogP contribution >= 0.6 is 0 Å². The van der Waals surface area contributed by atoms with Gasteiger partial charge in [0.1, 0.15) is 6.26 Å². The van der Waals surface area contributed by atoms with Crippen molar-refractivity contribution in [1.82, 2.24) is 10.3 Å². The number of nitrogens with one attached hydrogen (secondary N) is 2. The summed E-state index contributed by atoms with van der Waals surface area (Å²) in [6.07, 6.45) is 3.34. The third kappa shape index (κ3) is 6.08. The Morgan fingerprint density at radius 1 is 1.25 bits per heavy atom. The Bertz CT molecular complexity index is 919. The average molecular weight is 445 g/mol. The van der Waals surface area contributed by atoms with Crippen molar-refractivity contribution in [3.8, 4) is 0 Å². The first-order valence-electron chi connectivity index (χ1n) is 10.9. The number of oxazole rings is 1. The molecule has 0 spiro atoms. The first-order chi connectivity index (χ1) is 15.3. The van der Waals surface area contributed by atoms with Crippen molar-refractivity contribution in [1.29, 1.82) is 0 Å². The van der Waals surface area contributed by atoms with Crippen LogP contribution in [0.3, 0.4) is 0 Å². The maximum absolute atomic E-state index is 12.7. The van der Waals surface area contributed by atoms with Crippen molar-refractivity contribution in [3.63, 3.8) is 0 Å². The summed E-state index contributed by atoms with van der Waals surface area (Å²) in [4.78, 5) is 31.7. The molecule has 32 heavy (non-hydrogen) atoms. The molecule has 0 radical (unpaired) electrons. The number of hydrogen-bond acceptors (Lipinski definition) is 7. The molecule has 1 saturated heterocycles. The van der Waals surface area contributed by atoms with Crippen LogP contribution in [0, 0.1) is 5.41 Å². The molecule has 3 N–H and O–H groups in total. The van der Waals surface area contributed by atoms with E-state index in [2.05, 4.69) is 15.6 Å². The van der Waals surface area contributed by atoms with Gasteiger partial charge in [-0.05, 0) is 31.9 Å². The molecule has 2 heterocycles. The zero-order valence-electron chi connectivity index (χ0n) is 18.9. The van der Waals surface area contributed by atoms with Gasteiger partial charge in [0.2, 0.25) is 0 Å². The van der Waals surface area contributed by atoms with Crippen LogP contribution in [0.4, 0.5) is 11.7 Å². The van der Waals surface area contributed by atoms with Crippen LogP contribution in [0.2, 0.25) is 0 Å². The number of benzene rings is 1. The minimum atomic E-state index is -0.458. The highest BCUT2D eigenvalue weighted by Crippen LogP contribution is 2.22. The van der Waals surface area contributed by atoms with E-state index in [1.807, 2.05) is 25.7 Å². The largest absolute Gasteiger partial charge is 0.431 e. The van der Waals surface area contributed by atoms with E-state index in [1.165, 1.54) is 6.26 Å². The summed E-state index contributed by atoms with van der Waals surface area (Å²) in [5.41, 5.74) is 0.404. The molecule has 1 fully saturated rings. The Balaban J connectivity index is 1.63. The lowest BCUT2D eigenvalue weighted by Crippen LogP contribution is -2.37. The molecule has 0 bridgehead atoms. The molecule has 9 nitrogen and oxygen atoms in total. The van der Waals surface area contributed by atoms with E-state index in [1.54, 1.807) is 24.3 Å². The van der Waals surface area contributed by atoms with Gasteiger partial charge in [0.05, 0.1) is 17.4 Å². The number of carbonyl (C=O) groups excluding carboxylic acids is 2. The molecule has 0 saturated carbocycles. The fourth-order valence-electron chi connectivity index (χ4n) is 3.41. The van der Waals surface area contributed by atoms with Gasteiger partial charge in [0, 0.05) is 38.3 Å². The molecule has 2 aromatic rings. The van der Waals surface area contributed by atoms with Crippen molar-refractivity contribution in [2.24, 2.45) is 5.41 Å². The van der Waals surface area contributed by atoms with E-state index in [9.17, 15) is 14.7 Å². The van der Waals surface area contributed by atoms with Gasteiger partial charge < -0.3 is 29.8 Å². The van der Waals surface area contributed by atoms with Gasteiger partial charge in [0.15, 0.2) is 5.69 Å². The highest BCUT2D eigenvalue weighted by atomic mass is 16.5. The molecule has 1 aromatic heterocycles. The Morgan fingerprint density at radius 3 is 2.66 bits per heavy atom. The number of para-hydroxylation sites is 1. The van der Waals surface area contributed by atoms with Crippen molar-refractivity contribution >= 4 is 23.5 Å². The topological polar surface area (TPSA) is 117 Å². The highest BCUT2D eigenvalue weighted by molar-refractivity contribution is 6.08. The number of aromatic nitrogens is 1. The van der Waals surface area contributed by atoms with E-state index in [4.69, 9.17) is 9.15 Å². The normalized spacial score (nSPS) is 14.9. The van der Waals surface area contributed by atoms with Crippen LogP contribution in [0.5, 0.6) is 0 Å². The number of hydrogen-bond donors (Lipinski definition) is 3. The molecule has 0 unspecified atom stereocenters. The molecule has 2 amide bonds. The average Bonchev–Trinajstić information content (AvgIpc) is 3.29. The van der Waals surface area contributed by atoms with Crippen LogP contribution in [-0.4, -0.2) is 60.9 Å². The van der Waals surface area contributed by atoms with Gasteiger partial charge >= 0.3 is 0 Å². The molecule has 1 aromatic carbocycles. The lowest BCUT2D eigenvalue weighted by atomic mass is 9.95. The minimum Gasteiger partial charge on any atom is -0.431 e. The summed E-state index contributed by atoms with van der Waals surface area (Å²) in [7, 11) is 0. The summed E-state index contributed by atoms with van der Waals surface area (Å²) in [6.45, 7) is 8.14. The number of anilines is 2. The van der Waals surface area contributed by atoms with Gasteiger partial charge in [-0.2, -0.15) is 4.98 Å². The van der Waals surface area contributed by atoms with Crippen LogP contribution < -0.4 is 15.5 Å². The van der Waals surface area contributed by atoms with Crippen molar-refractivity contribution in [2.45, 2.75) is 39.7 Å². The molecule has 174 valence electrons. The second kappa shape index (κ2) is 10.6. The molecule has 0 atom stereocenters. The van der Waals surface area contributed by atoms with Crippen molar-refractivity contribution in [2.75, 3.05) is 43.1 Å². The predicted molar refractivity (Wildman–Crippen MR) is 121 cm³/mol. The third-order valence-electron chi connectivity index (χ3n) is 5.41. The number of carbonyl (C=O) groups is 2. The van der Waals surface area contributed by atoms with Crippen molar-refractivity contribution in [3.05, 3.63) is 41.8 Å². The van der Waals surface area contributed by atoms with Gasteiger partial charge in [-0.15, -0.1) is 0 Å². The Morgan fingerprint density at radius 2 is 1.97 bits per heavy atom. The maximum atomic E-state index is 12.7. The lowest BCUT2D eigenvalue weighted by Gasteiger charge is -2.30. The van der Waals surface area contributed by atoms with Crippen LogP contribution in [0.1, 0.15) is 54.5 Å². The van der Waals surface area contributed by atoms with E-state index >= 15 is 0 Å². The fraction of sp³-hybridized carbons (Fsp3) is 0.522. The summed E-state index contributed by atoms with van der Waals surface area (Å²) in [6, 6.07) is 7.15. The standard InChI is InChI=1S/C23H32N4O5/c1-4-31-16-9-11-27(12-10-16)22-26-19(13-32-22)21(30)25-18-8-6-5-7-17(18)20(29)24-14-23(2,3)15-28/h5-8,13,16,28H,4,9-12,14-15H2,1-3H3,(H,24,29)(H,25,30). The fourth-order valence-corrected chi connectivity index (χ4v) is 3.41. The molecular weight excluding hydrogens is 412 g/mol.